The van der Waals surface area contributed by atoms with Crippen molar-refractivity contribution in [3.8, 4) is 0 Å². The van der Waals surface area contributed by atoms with Crippen LogP contribution in [0.2, 0.25) is 5.02 Å². The Balaban J connectivity index is 2.03. The lowest BCUT2D eigenvalue weighted by atomic mass is 10.1. The molecule has 4 heteroatoms. The first-order valence-electron chi connectivity index (χ1n) is 7.01. The van der Waals surface area contributed by atoms with Crippen LogP contribution in [0, 0.1) is 13.8 Å². The summed E-state index contributed by atoms with van der Waals surface area (Å²) in [6.07, 6.45) is 0. The molecular formula is C18H16ClNOS. The number of thiophene rings is 1. The van der Waals surface area contributed by atoms with Gasteiger partial charge in [0.05, 0.1) is 5.02 Å². The van der Waals surface area contributed by atoms with Gasteiger partial charge >= 0.3 is 0 Å². The van der Waals surface area contributed by atoms with Crippen LogP contribution in [0.25, 0.3) is 10.1 Å². The van der Waals surface area contributed by atoms with Gasteiger partial charge in [-0.3, -0.25) is 4.79 Å². The van der Waals surface area contributed by atoms with Crippen LogP contribution in [-0.2, 0) is 0 Å². The summed E-state index contributed by atoms with van der Waals surface area (Å²) in [6, 6.07) is 13.9. The lowest BCUT2D eigenvalue weighted by Gasteiger charge is -2.19. The van der Waals surface area contributed by atoms with E-state index in [9.17, 15) is 4.79 Å². The molecule has 0 bridgehead atoms. The topological polar surface area (TPSA) is 20.3 Å². The molecule has 1 heterocycles. The van der Waals surface area contributed by atoms with Crippen molar-refractivity contribution in [2.45, 2.75) is 13.8 Å². The number of anilines is 1. The first kappa shape index (κ1) is 15.1. The molecule has 0 radical (unpaired) electrons. The first-order chi connectivity index (χ1) is 10.5. The highest BCUT2D eigenvalue weighted by molar-refractivity contribution is 7.21. The fourth-order valence-electron chi connectivity index (χ4n) is 2.60. The lowest BCUT2D eigenvalue weighted by Crippen LogP contribution is -2.26. The number of halogens is 1. The zero-order chi connectivity index (χ0) is 15.9. The van der Waals surface area contributed by atoms with E-state index in [-0.39, 0.29) is 5.91 Å². The summed E-state index contributed by atoms with van der Waals surface area (Å²) in [5.41, 5.74) is 3.17. The molecule has 0 N–H and O–H groups in total. The molecule has 0 spiro atoms. The van der Waals surface area contributed by atoms with Crippen molar-refractivity contribution in [1.29, 1.82) is 0 Å². The molecule has 0 fully saturated rings. The second-order valence-electron chi connectivity index (χ2n) is 5.40. The smallest absolute Gasteiger partial charge is 0.269 e. The Hall–Kier alpha value is -1.84. The van der Waals surface area contributed by atoms with Crippen LogP contribution in [-0.4, -0.2) is 13.0 Å². The van der Waals surface area contributed by atoms with Gasteiger partial charge in [0, 0.05) is 22.8 Å². The third kappa shape index (κ3) is 2.51. The number of carbonyl (C=O) groups is 1. The molecule has 3 aromatic rings. The monoisotopic (exact) mass is 329 g/mol. The van der Waals surface area contributed by atoms with E-state index in [2.05, 4.69) is 6.07 Å². The molecular weight excluding hydrogens is 314 g/mol. The number of aryl methyl sites for hydroxylation is 2. The van der Waals surface area contributed by atoms with Crippen LogP contribution in [0.3, 0.4) is 0 Å². The molecule has 22 heavy (non-hydrogen) atoms. The predicted octanol–water partition coefficient (Wildman–Crippen LogP) is 5.45. The molecule has 1 aromatic heterocycles. The Morgan fingerprint density at radius 3 is 2.55 bits per heavy atom. The van der Waals surface area contributed by atoms with Crippen molar-refractivity contribution in [3.05, 3.63) is 63.5 Å². The van der Waals surface area contributed by atoms with Gasteiger partial charge in [0.1, 0.15) is 4.88 Å². The molecule has 0 unspecified atom stereocenters. The fourth-order valence-corrected chi connectivity index (χ4v) is 4.08. The summed E-state index contributed by atoms with van der Waals surface area (Å²) in [6.45, 7) is 4.06. The summed E-state index contributed by atoms with van der Waals surface area (Å²) in [5.74, 6) is -0.0712. The SMILES string of the molecule is Cc1ccc(N(C)C(=O)c2sc3ccccc3c2Cl)c(C)c1. The van der Waals surface area contributed by atoms with Crippen molar-refractivity contribution in [1.82, 2.24) is 0 Å². The molecule has 0 aliphatic carbocycles. The van der Waals surface area contributed by atoms with E-state index >= 15 is 0 Å². The second-order valence-corrected chi connectivity index (χ2v) is 6.83. The average Bonchev–Trinajstić information content (AvgIpc) is 2.83. The number of nitrogens with zero attached hydrogens (tertiary/aromatic N) is 1. The van der Waals surface area contributed by atoms with Crippen molar-refractivity contribution in [3.63, 3.8) is 0 Å². The van der Waals surface area contributed by atoms with E-state index < -0.39 is 0 Å². The van der Waals surface area contributed by atoms with Gasteiger partial charge in [-0.25, -0.2) is 0 Å². The van der Waals surface area contributed by atoms with Gasteiger partial charge in [0.2, 0.25) is 0 Å². The van der Waals surface area contributed by atoms with E-state index in [1.54, 1.807) is 11.9 Å². The maximum absolute atomic E-state index is 12.8. The summed E-state index contributed by atoms with van der Waals surface area (Å²) in [4.78, 5) is 15.1. The molecule has 0 saturated carbocycles. The zero-order valence-corrected chi connectivity index (χ0v) is 14.3. The zero-order valence-electron chi connectivity index (χ0n) is 12.7. The maximum Gasteiger partial charge on any atom is 0.269 e. The van der Waals surface area contributed by atoms with Gasteiger partial charge in [0.25, 0.3) is 5.91 Å². The molecule has 2 nitrogen and oxygen atoms in total. The third-order valence-electron chi connectivity index (χ3n) is 3.75. The van der Waals surface area contributed by atoms with Gasteiger partial charge in [-0.1, -0.05) is 47.5 Å². The number of rotatable bonds is 2. The maximum atomic E-state index is 12.8. The second kappa shape index (κ2) is 5.75. The van der Waals surface area contributed by atoms with Gasteiger partial charge < -0.3 is 4.90 Å². The van der Waals surface area contributed by atoms with Crippen LogP contribution in [0.5, 0.6) is 0 Å². The summed E-state index contributed by atoms with van der Waals surface area (Å²) in [5, 5.41) is 1.48. The molecule has 0 aliphatic heterocycles. The van der Waals surface area contributed by atoms with Crippen LogP contribution in [0.1, 0.15) is 20.8 Å². The van der Waals surface area contributed by atoms with Crippen molar-refractivity contribution in [2.75, 3.05) is 11.9 Å². The van der Waals surface area contributed by atoms with Gasteiger partial charge in [-0.05, 0) is 31.5 Å². The highest BCUT2D eigenvalue weighted by Gasteiger charge is 2.21. The van der Waals surface area contributed by atoms with Crippen LogP contribution < -0.4 is 4.90 Å². The van der Waals surface area contributed by atoms with Crippen LogP contribution in [0.15, 0.2) is 42.5 Å². The van der Waals surface area contributed by atoms with E-state index in [0.29, 0.717) is 9.90 Å². The fraction of sp³-hybridized carbons (Fsp3) is 0.167. The molecule has 2 aromatic carbocycles. The number of amides is 1. The number of benzene rings is 2. The molecule has 0 saturated heterocycles. The summed E-state index contributed by atoms with van der Waals surface area (Å²) < 4.78 is 1.03. The molecule has 1 amide bonds. The minimum Gasteiger partial charge on any atom is -0.310 e. The average molecular weight is 330 g/mol. The van der Waals surface area contributed by atoms with Gasteiger partial charge in [0.15, 0.2) is 0 Å². The molecule has 112 valence electrons. The third-order valence-corrected chi connectivity index (χ3v) is 5.41. The van der Waals surface area contributed by atoms with Crippen LogP contribution in [0.4, 0.5) is 5.69 Å². The van der Waals surface area contributed by atoms with Crippen molar-refractivity contribution < 1.29 is 4.79 Å². The standard InChI is InChI=1S/C18H16ClNOS/c1-11-8-9-14(12(2)10-11)20(3)18(21)17-16(19)13-6-4-5-7-15(13)22-17/h4-10H,1-3H3. The van der Waals surface area contributed by atoms with Crippen molar-refractivity contribution >= 4 is 44.6 Å². The Bertz CT molecular complexity index is 869. The summed E-state index contributed by atoms with van der Waals surface area (Å²) in [7, 11) is 1.79. The van der Waals surface area contributed by atoms with Crippen molar-refractivity contribution in [2.24, 2.45) is 0 Å². The largest absolute Gasteiger partial charge is 0.310 e. The Morgan fingerprint density at radius 2 is 1.86 bits per heavy atom. The molecule has 3 rings (SSSR count). The number of carbonyl (C=O) groups excluding carboxylic acids is 1. The Morgan fingerprint density at radius 1 is 1.14 bits per heavy atom. The summed E-state index contributed by atoms with van der Waals surface area (Å²) >= 11 is 7.85. The minimum absolute atomic E-state index is 0.0712. The Labute approximate surface area is 138 Å². The number of hydrogen-bond acceptors (Lipinski definition) is 2. The lowest BCUT2D eigenvalue weighted by molar-refractivity contribution is 0.0997. The van der Waals surface area contributed by atoms with Crippen LogP contribution >= 0.6 is 22.9 Å². The van der Waals surface area contributed by atoms with E-state index in [0.717, 1.165) is 21.3 Å². The quantitative estimate of drug-likeness (QED) is 0.612. The van der Waals surface area contributed by atoms with Gasteiger partial charge in [-0.15, -0.1) is 11.3 Å². The minimum atomic E-state index is -0.0712. The van der Waals surface area contributed by atoms with E-state index in [1.165, 1.54) is 16.9 Å². The number of fused-ring (bicyclic) bond motifs is 1. The molecule has 0 atom stereocenters. The highest BCUT2D eigenvalue weighted by atomic mass is 35.5. The first-order valence-corrected chi connectivity index (χ1v) is 8.21. The predicted molar refractivity (Wildman–Crippen MR) is 95.5 cm³/mol. The van der Waals surface area contributed by atoms with E-state index in [4.69, 9.17) is 11.6 Å². The molecule has 0 aliphatic rings. The normalized spacial score (nSPS) is 10.9. The van der Waals surface area contributed by atoms with Gasteiger partial charge in [-0.2, -0.15) is 0 Å². The number of hydrogen-bond donors (Lipinski definition) is 0. The Kier molecular flexibility index (Phi) is 3.94. The highest BCUT2D eigenvalue weighted by Crippen LogP contribution is 2.36. The van der Waals surface area contributed by atoms with E-state index in [1.807, 2.05) is 50.2 Å².